The summed E-state index contributed by atoms with van der Waals surface area (Å²) >= 11 is 0. The molecule has 5 nitrogen and oxygen atoms in total. The van der Waals surface area contributed by atoms with E-state index in [-0.39, 0.29) is 12.0 Å². The molecule has 0 aromatic carbocycles. The molecule has 5 heteroatoms. The second-order valence-corrected chi connectivity index (χ2v) is 3.12. The molecular weight excluding hydrogens is 182 g/mol. The third-order valence-electron chi connectivity index (χ3n) is 1.91. The van der Waals surface area contributed by atoms with Gasteiger partial charge in [-0.2, -0.15) is 0 Å². The summed E-state index contributed by atoms with van der Waals surface area (Å²) in [5.74, 6) is 0.605. The summed E-state index contributed by atoms with van der Waals surface area (Å²) in [4.78, 5) is 18.1. The zero-order valence-electron chi connectivity index (χ0n) is 8.63. The number of aromatic amines is 1. The Morgan fingerprint density at radius 1 is 1.79 bits per heavy atom. The number of methoxy groups -OCH3 is 1. The third-order valence-corrected chi connectivity index (χ3v) is 1.91. The van der Waals surface area contributed by atoms with Crippen molar-refractivity contribution in [2.24, 2.45) is 0 Å². The second-order valence-electron chi connectivity index (χ2n) is 3.12. The molecule has 1 unspecified atom stereocenters. The van der Waals surface area contributed by atoms with Crippen molar-refractivity contribution < 1.29 is 9.53 Å². The minimum Gasteiger partial charge on any atom is -0.468 e. The van der Waals surface area contributed by atoms with Gasteiger partial charge in [0.25, 0.3) is 0 Å². The largest absolute Gasteiger partial charge is 0.468 e. The number of rotatable bonds is 4. The Bertz CT molecular complexity index is 309. The van der Waals surface area contributed by atoms with Crippen LogP contribution in [0.25, 0.3) is 0 Å². The van der Waals surface area contributed by atoms with E-state index >= 15 is 0 Å². The Morgan fingerprint density at radius 3 is 3.00 bits per heavy atom. The molecule has 1 heterocycles. The van der Waals surface area contributed by atoms with E-state index in [4.69, 9.17) is 0 Å². The normalized spacial score (nSPS) is 12.5. The van der Waals surface area contributed by atoms with Crippen molar-refractivity contribution in [3.05, 3.63) is 17.7 Å². The Morgan fingerprint density at radius 2 is 2.50 bits per heavy atom. The first-order valence-corrected chi connectivity index (χ1v) is 4.45. The Kier molecular flexibility index (Phi) is 3.64. The van der Waals surface area contributed by atoms with E-state index in [1.807, 2.05) is 6.92 Å². The van der Waals surface area contributed by atoms with Gasteiger partial charge >= 0.3 is 5.97 Å². The van der Waals surface area contributed by atoms with Gasteiger partial charge in [0.2, 0.25) is 0 Å². The van der Waals surface area contributed by atoms with Gasteiger partial charge in [-0.15, -0.1) is 0 Å². The van der Waals surface area contributed by atoms with Gasteiger partial charge in [-0.05, 0) is 13.8 Å². The number of aryl methyl sites for hydroxylation is 1. The van der Waals surface area contributed by atoms with Crippen LogP contribution in [-0.2, 0) is 16.1 Å². The first-order chi connectivity index (χ1) is 6.63. The van der Waals surface area contributed by atoms with Crippen LogP contribution in [0.3, 0.4) is 0 Å². The van der Waals surface area contributed by atoms with Crippen LogP contribution in [-0.4, -0.2) is 29.1 Å². The molecule has 1 aromatic heterocycles. The monoisotopic (exact) mass is 197 g/mol. The molecule has 1 rings (SSSR count). The number of carbonyl (C=O) groups is 1. The van der Waals surface area contributed by atoms with Crippen molar-refractivity contribution in [2.75, 3.05) is 7.11 Å². The standard InChI is InChI=1S/C9H15N3O2/c1-6(9(13)14-3)10-4-8-5-11-7(2)12-8/h5-6,10H,4H2,1-3H3,(H,11,12). The van der Waals surface area contributed by atoms with Crippen molar-refractivity contribution in [2.45, 2.75) is 26.4 Å². The molecule has 14 heavy (non-hydrogen) atoms. The minimum absolute atomic E-state index is 0.263. The lowest BCUT2D eigenvalue weighted by Crippen LogP contribution is -2.34. The van der Waals surface area contributed by atoms with E-state index in [1.54, 1.807) is 13.1 Å². The van der Waals surface area contributed by atoms with E-state index in [1.165, 1.54) is 7.11 Å². The number of ether oxygens (including phenoxy) is 1. The van der Waals surface area contributed by atoms with Crippen molar-refractivity contribution >= 4 is 5.97 Å². The van der Waals surface area contributed by atoms with Gasteiger partial charge in [-0.25, -0.2) is 4.98 Å². The first kappa shape index (κ1) is 10.7. The molecule has 0 aliphatic carbocycles. The average Bonchev–Trinajstić information content (AvgIpc) is 2.59. The maximum atomic E-state index is 11.0. The number of carbonyl (C=O) groups excluding carboxylic acids is 1. The molecule has 0 radical (unpaired) electrons. The molecule has 0 amide bonds. The number of aromatic nitrogens is 2. The highest BCUT2D eigenvalue weighted by molar-refractivity contribution is 5.74. The number of imidazole rings is 1. The maximum absolute atomic E-state index is 11.0. The average molecular weight is 197 g/mol. The van der Waals surface area contributed by atoms with Crippen molar-refractivity contribution in [3.63, 3.8) is 0 Å². The van der Waals surface area contributed by atoms with E-state index in [0.717, 1.165) is 11.5 Å². The lowest BCUT2D eigenvalue weighted by molar-refractivity contribution is -0.142. The zero-order chi connectivity index (χ0) is 10.6. The van der Waals surface area contributed by atoms with Crippen molar-refractivity contribution in [3.8, 4) is 0 Å². The smallest absolute Gasteiger partial charge is 0.322 e. The summed E-state index contributed by atoms with van der Waals surface area (Å²) in [7, 11) is 1.38. The number of esters is 1. The fourth-order valence-electron chi connectivity index (χ4n) is 1.08. The Labute approximate surface area is 82.9 Å². The van der Waals surface area contributed by atoms with Crippen LogP contribution in [0.2, 0.25) is 0 Å². The van der Waals surface area contributed by atoms with Crippen LogP contribution in [0.15, 0.2) is 6.20 Å². The van der Waals surface area contributed by atoms with Gasteiger partial charge in [-0.1, -0.05) is 0 Å². The molecular formula is C9H15N3O2. The van der Waals surface area contributed by atoms with Crippen LogP contribution >= 0.6 is 0 Å². The first-order valence-electron chi connectivity index (χ1n) is 4.45. The summed E-state index contributed by atoms with van der Waals surface area (Å²) in [5.41, 5.74) is 0.957. The van der Waals surface area contributed by atoms with Gasteiger partial charge in [0.1, 0.15) is 11.9 Å². The molecule has 2 N–H and O–H groups in total. The molecule has 1 atom stereocenters. The lowest BCUT2D eigenvalue weighted by Gasteiger charge is -2.09. The molecule has 0 bridgehead atoms. The lowest BCUT2D eigenvalue weighted by atomic mass is 10.3. The predicted octanol–water partition coefficient (Wildman–Crippen LogP) is 0.369. The number of H-pyrrole nitrogens is 1. The second kappa shape index (κ2) is 4.76. The van der Waals surface area contributed by atoms with Gasteiger partial charge in [-0.3, -0.25) is 10.1 Å². The highest BCUT2D eigenvalue weighted by atomic mass is 16.5. The summed E-state index contributed by atoms with van der Waals surface area (Å²) in [6.07, 6.45) is 1.74. The van der Waals surface area contributed by atoms with E-state index in [0.29, 0.717) is 6.54 Å². The quantitative estimate of drug-likeness (QED) is 0.684. The number of hydrogen-bond acceptors (Lipinski definition) is 4. The third kappa shape index (κ3) is 2.85. The van der Waals surface area contributed by atoms with E-state index in [2.05, 4.69) is 20.0 Å². The van der Waals surface area contributed by atoms with Crippen LogP contribution < -0.4 is 5.32 Å². The summed E-state index contributed by atoms with van der Waals surface area (Å²) in [6, 6.07) is -0.302. The number of hydrogen-bond donors (Lipinski definition) is 2. The minimum atomic E-state index is -0.302. The molecule has 78 valence electrons. The summed E-state index contributed by atoms with van der Waals surface area (Å²) in [5, 5.41) is 3.02. The highest BCUT2D eigenvalue weighted by Crippen LogP contribution is 1.96. The molecule has 0 spiro atoms. The van der Waals surface area contributed by atoms with Gasteiger partial charge in [0, 0.05) is 18.4 Å². The van der Waals surface area contributed by atoms with Crippen LogP contribution in [0, 0.1) is 6.92 Å². The topological polar surface area (TPSA) is 67.0 Å². The summed E-state index contributed by atoms with van der Waals surface area (Å²) < 4.78 is 4.58. The fraction of sp³-hybridized carbons (Fsp3) is 0.556. The van der Waals surface area contributed by atoms with Gasteiger partial charge in [0.15, 0.2) is 0 Å². The highest BCUT2D eigenvalue weighted by Gasteiger charge is 2.11. The molecule has 0 fully saturated rings. The van der Waals surface area contributed by atoms with Crippen LogP contribution in [0.1, 0.15) is 18.4 Å². The molecule has 1 aromatic rings. The van der Waals surface area contributed by atoms with Gasteiger partial charge in [0.05, 0.1) is 7.11 Å². The Hall–Kier alpha value is -1.36. The zero-order valence-corrected chi connectivity index (χ0v) is 8.63. The molecule has 0 saturated carbocycles. The molecule has 0 saturated heterocycles. The van der Waals surface area contributed by atoms with Crippen LogP contribution in [0.5, 0.6) is 0 Å². The van der Waals surface area contributed by atoms with Crippen LogP contribution in [0.4, 0.5) is 0 Å². The van der Waals surface area contributed by atoms with E-state index < -0.39 is 0 Å². The van der Waals surface area contributed by atoms with Gasteiger partial charge < -0.3 is 9.72 Å². The SMILES string of the molecule is COC(=O)C(C)NCc1cnc(C)[nH]1. The fourth-order valence-corrected chi connectivity index (χ4v) is 1.08. The van der Waals surface area contributed by atoms with Crippen molar-refractivity contribution in [1.29, 1.82) is 0 Å². The van der Waals surface area contributed by atoms with Crippen molar-refractivity contribution in [1.82, 2.24) is 15.3 Å². The molecule has 0 aliphatic heterocycles. The summed E-state index contributed by atoms with van der Waals surface area (Å²) in [6.45, 7) is 4.22. The Balaban J connectivity index is 2.37. The number of nitrogens with one attached hydrogen (secondary N) is 2. The number of nitrogens with zero attached hydrogens (tertiary/aromatic N) is 1. The van der Waals surface area contributed by atoms with E-state index in [9.17, 15) is 4.79 Å². The predicted molar refractivity (Wildman–Crippen MR) is 51.6 cm³/mol. The maximum Gasteiger partial charge on any atom is 0.322 e. The molecule has 0 aliphatic rings.